The maximum Gasteiger partial charge on any atom is 0.151 e. The van der Waals surface area contributed by atoms with Crippen LogP contribution < -0.4 is 0 Å². The summed E-state index contributed by atoms with van der Waals surface area (Å²) in [6.45, 7) is 6.61. The molecule has 2 rings (SSSR count). The highest BCUT2D eigenvalue weighted by Gasteiger charge is 2.13. The van der Waals surface area contributed by atoms with E-state index in [4.69, 9.17) is 0 Å². The molecule has 0 aliphatic carbocycles. The van der Waals surface area contributed by atoms with Gasteiger partial charge in [-0.2, -0.15) is 0 Å². The standard InChI is InChI=1S/C17H17BrOS/c1-17(2,3)13-5-8-15(9-6-13)20-16-10-14(18)7-4-12(16)11-19/h4-11H,1-3H3. The fraction of sp³-hybridized carbons (Fsp3) is 0.235. The van der Waals surface area contributed by atoms with Crippen LogP contribution in [0.2, 0.25) is 0 Å². The van der Waals surface area contributed by atoms with Crippen LogP contribution in [-0.2, 0) is 5.41 Å². The minimum atomic E-state index is 0.160. The Labute approximate surface area is 132 Å². The Bertz CT molecular complexity index is 612. The van der Waals surface area contributed by atoms with E-state index in [1.165, 1.54) is 5.56 Å². The van der Waals surface area contributed by atoms with Gasteiger partial charge in [0.15, 0.2) is 6.29 Å². The van der Waals surface area contributed by atoms with Gasteiger partial charge in [-0.1, -0.05) is 60.6 Å². The molecule has 104 valence electrons. The molecule has 0 aliphatic rings. The highest BCUT2D eigenvalue weighted by atomic mass is 79.9. The molecule has 1 nitrogen and oxygen atoms in total. The SMILES string of the molecule is CC(C)(C)c1ccc(Sc2cc(Br)ccc2C=O)cc1. The van der Waals surface area contributed by atoms with Gasteiger partial charge in [0.25, 0.3) is 0 Å². The molecule has 0 saturated carbocycles. The van der Waals surface area contributed by atoms with Crippen LogP contribution in [0.4, 0.5) is 0 Å². The molecule has 0 aromatic heterocycles. The van der Waals surface area contributed by atoms with Crippen molar-refractivity contribution in [3.63, 3.8) is 0 Å². The van der Waals surface area contributed by atoms with Gasteiger partial charge in [0.1, 0.15) is 0 Å². The van der Waals surface area contributed by atoms with E-state index >= 15 is 0 Å². The van der Waals surface area contributed by atoms with Crippen molar-refractivity contribution in [2.45, 2.75) is 36.0 Å². The van der Waals surface area contributed by atoms with E-state index < -0.39 is 0 Å². The molecule has 3 heteroatoms. The van der Waals surface area contributed by atoms with Crippen molar-refractivity contribution in [3.8, 4) is 0 Å². The van der Waals surface area contributed by atoms with E-state index in [9.17, 15) is 4.79 Å². The van der Waals surface area contributed by atoms with Gasteiger partial charge < -0.3 is 0 Å². The van der Waals surface area contributed by atoms with Gasteiger partial charge >= 0.3 is 0 Å². The molecule has 0 saturated heterocycles. The zero-order valence-corrected chi connectivity index (χ0v) is 14.2. The summed E-state index contributed by atoms with van der Waals surface area (Å²) in [5.74, 6) is 0. The van der Waals surface area contributed by atoms with Gasteiger partial charge in [0, 0.05) is 19.8 Å². The number of hydrogen-bond donors (Lipinski definition) is 0. The topological polar surface area (TPSA) is 17.1 Å². The lowest BCUT2D eigenvalue weighted by Crippen LogP contribution is -2.10. The third kappa shape index (κ3) is 3.74. The Morgan fingerprint density at radius 3 is 2.25 bits per heavy atom. The van der Waals surface area contributed by atoms with E-state index in [0.717, 1.165) is 26.1 Å². The van der Waals surface area contributed by atoms with Crippen LogP contribution in [0.1, 0.15) is 36.7 Å². The lowest BCUT2D eigenvalue weighted by molar-refractivity contribution is 0.112. The van der Waals surface area contributed by atoms with Crippen molar-refractivity contribution < 1.29 is 4.79 Å². The number of halogens is 1. The second kappa shape index (κ2) is 6.15. The Hall–Kier alpha value is -1.06. The van der Waals surface area contributed by atoms with Crippen LogP contribution in [-0.4, -0.2) is 6.29 Å². The first-order valence-corrected chi connectivity index (χ1v) is 8.04. The molecule has 0 spiro atoms. The predicted octanol–water partition coefficient (Wildman–Crippen LogP) is 5.71. The summed E-state index contributed by atoms with van der Waals surface area (Å²) in [6.07, 6.45) is 0.901. The molecular weight excluding hydrogens is 332 g/mol. The molecule has 2 aromatic rings. The number of carbonyl (C=O) groups is 1. The average Bonchev–Trinajstić information content (AvgIpc) is 2.38. The van der Waals surface area contributed by atoms with Gasteiger partial charge in [-0.15, -0.1) is 0 Å². The van der Waals surface area contributed by atoms with Crippen LogP contribution in [0.5, 0.6) is 0 Å². The van der Waals surface area contributed by atoms with Crippen molar-refractivity contribution in [2.24, 2.45) is 0 Å². The van der Waals surface area contributed by atoms with E-state index in [0.29, 0.717) is 0 Å². The van der Waals surface area contributed by atoms with E-state index in [2.05, 4.69) is 61.0 Å². The summed E-state index contributed by atoms with van der Waals surface area (Å²) in [6, 6.07) is 14.2. The Balaban J connectivity index is 2.26. The molecule has 0 N–H and O–H groups in total. The summed E-state index contributed by atoms with van der Waals surface area (Å²) in [5.41, 5.74) is 2.19. The summed E-state index contributed by atoms with van der Waals surface area (Å²) < 4.78 is 0.983. The Kier molecular flexibility index (Phi) is 4.71. The third-order valence-electron chi connectivity index (χ3n) is 3.05. The lowest BCUT2D eigenvalue weighted by atomic mass is 9.87. The normalized spacial score (nSPS) is 11.4. The highest BCUT2D eigenvalue weighted by molar-refractivity contribution is 9.10. The molecule has 0 amide bonds. The lowest BCUT2D eigenvalue weighted by Gasteiger charge is -2.19. The predicted molar refractivity (Wildman–Crippen MR) is 88.8 cm³/mol. The summed E-state index contributed by atoms with van der Waals surface area (Å²) in [5, 5.41) is 0. The van der Waals surface area contributed by atoms with Gasteiger partial charge in [-0.3, -0.25) is 4.79 Å². The van der Waals surface area contributed by atoms with Crippen molar-refractivity contribution >= 4 is 34.0 Å². The Morgan fingerprint density at radius 1 is 1.05 bits per heavy atom. The maximum absolute atomic E-state index is 11.1. The Morgan fingerprint density at radius 2 is 1.70 bits per heavy atom. The molecule has 2 aromatic carbocycles. The van der Waals surface area contributed by atoms with Gasteiger partial charge in [0.2, 0.25) is 0 Å². The van der Waals surface area contributed by atoms with Gasteiger partial charge in [-0.25, -0.2) is 0 Å². The number of benzene rings is 2. The first kappa shape index (κ1) is 15.3. The number of hydrogen-bond acceptors (Lipinski definition) is 2. The summed E-state index contributed by atoms with van der Waals surface area (Å²) in [7, 11) is 0. The molecule has 0 radical (unpaired) electrons. The van der Waals surface area contributed by atoms with Crippen LogP contribution in [0.3, 0.4) is 0 Å². The molecular formula is C17H17BrOS. The fourth-order valence-corrected chi connectivity index (χ4v) is 3.30. The van der Waals surface area contributed by atoms with Crippen molar-refractivity contribution in [3.05, 3.63) is 58.1 Å². The van der Waals surface area contributed by atoms with Crippen molar-refractivity contribution in [1.82, 2.24) is 0 Å². The minimum Gasteiger partial charge on any atom is -0.298 e. The van der Waals surface area contributed by atoms with Crippen LogP contribution in [0.15, 0.2) is 56.7 Å². The molecule has 0 bridgehead atoms. The third-order valence-corrected chi connectivity index (χ3v) is 4.63. The summed E-state index contributed by atoms with van der Waals surface area (Å²) >= 11 is 5.06. The number of carbonyl (C=O) groups excluding carboxylic acids is 1. The molecule has 20 heavy (non-hydrogen) atoms. The van der Waals surface area contributed by atoms with Gasteiger partial charge in [-0.05, 0) is 41.3 Å². The highest BCUT2D eigenvalue weighted by Crippen LogP contribution is 2.33. The molecule has 0 fully saturated rings. The molecule has 0 heterocycles. The molecule has 0 aliphatic heterocycles. The number of aldehydes is 1. The largest absolute Gasteiger partial charge is 0.298 e. The fourth-order valence-electron chi connectivity index (χ4n) is 1.84. The van der Waals surface area contributed by atoms with E-state index in [1.807, 2.05) is 18.2 Å². The molecule has 0 atom stereocenters. The smallest absolute Gasteiger partial charge is 0.151 e. The van der Waals surface area contributed by atoms with Crippen molar-refractivity contribution in [2.75, 3.05) is 0 Å². The van der Waals surface area contributed by atoms with Crippen LogP contribution in [0, 0.1) is 0 Å². The summed E-state index contributed by atoms with van der Waals surface area (Å²) in [4.78, 5) is 13.2. The first-order chi connectivity index (χ1) is 9.40. The van der Waals surface area contributed by atoms with Crippen LogP contribution in [0.25, 0.3) is 0 Å². The monoisotopic (exact) mass is 348 g/mol. The zero-order chi connectivity index (χ0) is 14.8. The number of rotatable bonds is 3. The van der Waals surface area contributed by atoms with E-state index in [-0.39, 0.29) is 5.41 Å². The van der Waals surface area contributed by atoms with E-state index in [1.54, 1.807) is 11.8 Å². The quantitative estimate of drug-likeness (QED) is 0.660. The second-order valence-electron chi connectivity index (χ2n) is 5.68. The zero-order valence-electron chi connectivity index (χ0n) is 11.8. The second-order valence-corrected chi connectivity index (χ2v) is 7.71. The average molecular weight is 349 g/mol. The van der Waals surface area contributed by atoms with Crippen molar-refractivity contribution in [1.29, 1.82) is 0 Å². The minimum absolute atomic E-state index is 0.160. The van der Waals surface area contributed by atoms with Gasteiger partial charge in [0.05, 0.1) is 0 Å². The van der Waals surface area contributed by atoms with Crippen LogP contribution >= 0.6 is 27.7 Å². The molecule has 0 unspecified atom stereocenters. The first-order valence-electron chi connectivity index (χ1n) is 6.43. The maximum atomic E-state index is 11.1.